The highest BCUT2D eigenvalue weighted by Gasteiger charge is 2.07. The number of para-hydroxylation sites is 1. The van der Waals surface area contributed by atoms with Gasteiger partial charge in [-0.15, -0.1) is 0 Å². The Labute approximate surface area is 112 Å². The van der Waals surface area contributed by atoms with E-state index in [9.17, 15) is 0 Å². The van der Waals surface area contributed by atoms with Crippen LogP contribution in [0.25, 0.3) is 0 Å². The smallest absolute Gasteiger partial charge is 0.122 e. The average molecular weight is 249 g/mol. The first kappa shape index (κ1) is 15.0. The maximum atomic E-state index is 5.91. The van der Waals surface area contributed by atoms with Crippen molar-refractivity contribution in [3.05, 3.63) is 29.8 Å². The largest absolute Gasteiger partial charge is 0.493 e. The third-order valence-corrected chi connectivity index (χ3v) is 3.40. The van der Waals surface area contributed by atoms with Crippen LogP contribution in [-0.2, 0) is 0 Å². The van der Waals surface area contributed by atoms with Crippen LogP contribution in [0.3, 0.4) is 0 Å². The highest BCUT2D eigenvalue weighted by Crippen LogP contribution is 2.25. The van der Waals surface area contributed by atoms with E-state index in [1.54, 1.807) is 0 Å². The minimum absolute atomic E-state index is 0.516. The Hall–Kier alpha value is -1.02. The van der Waals surface area contributed by atoms with Crippen LogP contribution in [-0.4, -0.2) is 19.7 Å². The number of hydrogen-bond acceptors (Lipinski definition) is 2. The zero-order valence-corrected chi connectivity index (χ0v) is 12.2. The highest BCUT2D eigenvalue weighted by molar-refractivity contribution is 5.35. The predicted molar refractivity (Wildman–Crippen MR) is 78.4 cm³/mol. The van der Waals surface area contributed by atoms with E-state index in [1.165, 1.54) is 18.4 Å². The summed E-state index contributed by atoms with van der Waals surface area (Å²) in [4.78, 5) is 0. The van der Waals surface area contributed by atoms with Gasteiger partial charge in [0.05, 0.1) is 6.61 Å². The van der Waals surface area contributed by atoms with Crippen molar-refractivity contribution in [2.45, 2.75) is 52.0 Å². The molecule has 0 aromatic heterocycles. The second-order valence-electron chi connectivity index (χ2n) is 5.08. The van der Waals surface area contributed by atoms with E-state index in [4.69, 9.17) is 4.74 Å². The lowest BCUT2D eigenvalue weighted by atomic mass is 10.0. The van der Waals surface area contributed by atoms with Gasteiger partial charge in [-0.3, -0.25) is 0 Å². The molecule has 0 saturated carbocycles. The standard InChI is InChI=1S/C16H27NO/c1-5-14(17-4)9-8-12-18-16-11-7-6-10-15(16)13(2)3/h6-7,10-11,13-14,17H,5,8-9,12H2,1-4H3. The van der Waals surface area contributed by atoms with Gasteiger partial charge in [0.2, 0.25) is 0 Å². The Morgan fingerprint density at radius 2 is 1.94 bits per heavy atom. The van der Waals surface area contributed by atoms with Crippen LogP contribution >= 0.6 is 0 Å². The molecule has 2 heteroatoms. The van der Waals surface area contributed by atoms with Gasteiger partial charge in [0, 0.05) is 6.04 Å². The van der Waals surface area contributed by atoms with Crippen molar-refractivity contribution in [2.75, 3.05) is 13.7 Å². The van der Waals surface area contributed by atoms with Crippen LogP contribution in [0.1, 0.15) is 51.5 Å². The third kappa shape index (κ3) is 4.69. The quantitative estimate of drug-likeness (QED) is 0.704. The fourth-order valence-electron chi connectivity index (χ4n) is 2.15. The third-order valence-electron chi connectivity index (χ3n) is 3.40. The molecule has 0 aliphatic heterocycles. The van der Waals surface area contributed by atoms with Crippen molar-refractivity contribution in [3.63, 3.8) is 0 Å². The Morgan fingerprint density at radius 1 is 1.22 bits per heavy atom. The first-order chi connectivity index (χ1) is 8.69. The molecule has 0 heterocycles. The van der Waals surface area contributed by atoms with Crippen molar-refractivity contribution in [3.8, 4) is 5.75 Å². The average Bonchev–Trinajstić information content (AvgIpc) is 2.39. The van der Waals surface area contributed by atoms with E-state index in [0.717, 1.165) is 18.8 Å². The second-order valence-corrected chi connectivity index (χ2v) is 5.08. The molecule has 1 N–H and O–H groups in total. The van der Waals surface area contributed by atoms with E-state index in [0.29, 0.717) is 12.0 Å². The molecule has 0 aliphatic rings. The molecule has 1 aromatic carbocycles. The normalized spacial score (nSPS) is 12.7. The molecule has 18 heavy (non-hydrogen) atoms. The topological polar surface area (TPSA) is 21.3 Å². The van der Waals surface area contributed by atoms with E-state index < -0.39 is 0 Å². The van der Waals surface area contributed by atoms with Crippen molar-refractivity contribution in [1.82, 2.24) is 5.32 Å². The van der Waals surface area contributed by atoms with Gasteiger partial charge < -0.3 is 10.1 Å². The molecule has 0 aliphatic carbocycles. The summed E-state index contributed by atoms with van der Waals surface area (Å²) < 4.78 is 5.91. The lowest BCUT2D eigenvalue weighted by molar-refractivity contribution is 0.293. The van der Waals surface area contributed by atoms with Gasteiger partial charge >= 0.3 is 0 Å². The summed E-state index contributed by atoms with van der Waals surface area (Å²) in [6.45, 7) is 7.44. The number of nitrogens with one attached hydrogen (secondary N) is 1. The fraction of sp³-hybridized carbons (Fsp3) is 0.625. The summed E-state index contributed by atoms with van der Waals surface area (Å²) in [5.74, 6) is 1.56. The van der Waals surface area contributed by atoms with Crippen molar-refractivity contribution in [1.29, 1.82) is 0 Å². The molecular weight excluding hydrogens is 222 g/mol. The van der Waals surface area contributed by atoms with Crippen LogP contribution in [0, 0.1) is 0 Å². The van der Waals surface area contributed by atoms with E-state index >= 15 is 0 Å². The molecule has 0 radical (unpaired) electrons. The second kappa shape index (κ2) is 8.15. The van der Waals surface area contributed by atoms with Crippen molar-refractivity contribution < 1.29 is 4.74 Å². The van der Waals surface area contributed by atoms with Gasteiger partial charge in [-0.05, 0) is 43.9 Å². The molecular formula is C16H27NO. The molecule has 0 amide bonds. The molecule has 1 rings (SSSR count). The zero-order chi connectivity index (χ0) is 13.4. The summed E-state index contributed by atoms with van der Waals surface area (Å²) in [7, 11) is 2.03. The summed E-state index contributed by atoms with van der Waals surface area (Å²) in [6, 6.07) is 8.97. The van der Waals surface area contributed by atoms with Crippen molar-refractivity contribution >= 4 is 0 Å². The van der Waals surface area contributed by atoms with Crippen molar-refractivity contribution in [2.24, 2.45) is 0 Å². The van der Waals surface area contributed by atoms with Crippen LogP contribution in [0.2, 0.25) is 0 Å². The summed E-state index contributed by atoms with van der Waals surface area (Å²) in [6.07, 6.45) is 3.46. The van der Waals surface area contributed by atoms with E-state index in [1.807, 2.05) is 13.1 Å². The van der Waals surface area contributed by atoms with Gasteiger partial charge in [0.25, 0.3) is 0 Å². The Balaban J connectivity index is 2.39. The Kier molecular flexibility index (Phi) is 6.81. The number of benzene rings is 1. The van der Waals surface area contributed by atoms with Gasteiger partial charge in [0.1, 0.15) is 5.75 Å². The van der Waals surface area contributed by atoms with Gasteiger partial charge in [0.15, 0.2) is 0 Å². The molecule has 2 nitrogen and oxygen atoms in total. The predicted octanol–water partition coefficient (Wildman–Crippen LogP) is 3.97. The number of hydrogen-bond donors (Lipinski definition) is 1. The molecule has 1 unspecified atom stereocenters. The summed E-state index contributed by atoms with van der Waals surface area (Å²) in [5.41, 5.74) is 1.30. The summed E-state index contributed by atoms with van der Waals surface area (Å²) in [5, 5.41) is 3.32. The minimum atomic E-state index is 0.516. The zero-order valence-electron chi connectivity index (χ0n) is 12.2. The lowest BCUT2D eigenvalue weighted by Crippen LogP contribution is -2.24. The SMILES string of the molecule is CCC(CCCOc1ccccc1C(C)C)NC. The number of rotatable bonds is 8. The Morgan fingerprint density at radius 3 is 2.56 bits per heavy atom. The van der Waals surface area contributed by atoms with Gasteiger partial charge in [-0.2, -0.15) is 0 Å². The molecule has 0 spiro atoms. The van der Waals surface area contributed by atoms with E-state index in [2.05, 4.69) is 44.3 Å². The molecule has 0 saturated heterocycles. The van der Waals surface area contributed by atoms with Crippen LogP contribution < -0.4 is 10.1 Å². The lowest BCUT2D eigenvalue weighted by Gasteiger charge is -2.16. The molecule has 1 aromatic rings. The summed E-state index contributed by atoms with van der Waals surface area (Å²) >= 11 is 0. The molecule has 1 atom stereocenters. The molecule has 0 bridgehead atoms. The fourth-order valence-corrected chi connectivity index (χ4v) is 2.15. The monoisotopic (exact) mass is 249 g/mol. The van der Waals surface area contributed by atoms with Crippen LogP contribution in [0.15, 0.2) is 24.3 Å². The van der Waals surface area contributed by atoms with Crippen LogP contribution in [0.5, 0.6) is 5.75 Å². The Bertz CT molecular complexity index is 332. The maximum Gasteiger partial charge on any atom is 0.122 e. The molecule has 102 valence electrons. The molecule has 0 fully saturated rings. The first-order valence-corrected chi connectivity index (χ1v) is 7.08. The van der Waals surface area contributed by atoms with Gasteiger partial charge in [-0.25, -0.2) is 0 Å². The first-order valence-electron chi connectivity index (χ1n) is 7.08. The maximum absolute atomic E-state index is 5.91. The minimum Gasteiger partial charge on any atom is -0.493 e. The number of ether oxygens (including phenoxy) is 1. The van der Waals surface area contributed by atoms with E-state index in [-0.39, 0.29) is 0 Å². The van der Waals surface area contributed by atoms with Crippen LogP contribution in [0.4, 0.5) is 0 Å². The van der Waals surface area contributed by atoms with Gasteiger partial charge in [-0.1, -0.05) is 39.0 Å². The highest BCUT2D eigenvalue weighted by atomic mass is 16.5.